The maximum Gasteiger partial charge on any atom is 0.0104 e. The van der Waals surface area contributed by atoms with Crippen LogP contribution in [0.15, 0.2) is 0 Å². The molecule has 0 saturated heterocycles. The zero-order valence-electron chi connectivity index (χ0n) is 19.4. The molecule has 0 heterocycles. The monoisotopic (exact) mass is 390 g/mol. The molecule has 0 aromatic carbocycles. The van der Waals surface area contributed by atoms with Gasteiger partial charge in [-0.15, -0.1) is 0 Å². The normalized spacial score (nSPS) is 38.5. The van der Waals surface area contributed by atoms with Gasteiger partial charge in [0.15, 0.2) is 0 Å². The number of hydrogen-bond acceptors (Lipinski definition) is 2. The van der Waals surface area contributed by atoms with Gasteiger partial charge in [-0.3, -0.25) is 4.90 Å². The molecule has 2 heteroatoms. The maximum absolute atomic E-state index is 6.16. The molecule has 2 nitrogen and oxygen atoms in total. The highest BCUT2D eigenvalue weighted by molar-refractivity contribution is 4.92. The Balaban J connectivity index is 1.61. The van der Waals surface area contributed by atoms with Crippen molar-refractivity contribution in [2.75, 3.05) is 0 Å². The van der Waals surface area contributed by atoms with Crippen LogP contribution < -0.4 is 5.73 Å². The maximum atomic E-state index is 6.16. The van der Waals surface area contributed by atoms with Crippen molar-refractivity contribution in [2.45, 2.75) is 148 Å². The van der Waals surface area contributed by atoms with Crippen molar-refractivity contribution in [3.05, 3.63) is 0 Å². The van der Waals surface area contributed by atoms with Crippen LogP contribution in [0, 0.1) is 17.8 Å². The van der Waals surface area contributed by atoms with E-state index in [1.165, 1.54) is 103 Å². The summed E-state index contributed by atoms with van der Waals surface area (Å²) in [7, 11) is 0. The Morgan fingerprint density at radius 2 is 1.46 bits per heavy atom. The Labute approximate surface area is 176 Å². The van der Waals surface area contributed by atoms with E-state index in [9.17, 15) is 0 Å². The van der Waals surface area contributed by atoms with Gasteiger partial charge >= 0.3 is 0 Å². The molecular weight excluding hydrogens is 340 g/mol. The lowest BCUT2D eigenvalue weighted by Crippen LogP contribution is -2.52. The number of rotatable bonds is 8. The molecule has 164 valence electrons. The molecule has 2 N–H and O–H groups in total. The summed E-state index contributed by atoms with van der Waals surface area (Å²) < 4.78 is 0. The molecule has 0 aromatic heterocycles. The van der Waals surface area contributed by atoms with Crippen LogP contribution in [-0.4, -0.2) is 29.1 Å². The summed E-state index contributed by atoms with van der Waals surface area (Å²) in [5.74, 6) is 2.94. The Morgan fingerprint density at radius 1 is 0.821 bits per heavy atom. The van der Waals surface area contributed by atoms with E-state index in [0.29, 0.717) is 6.04 Å². The lowest BCUT2D eigenvalue weighted by molar-refractivity contribution is 0.00908. The van der Waals surface area contributed by atoms with E-state index in [1.54, 1.807) is 0 Å². The molecule has 0 aromatic rings. The first-order valence-corrected chi connectivity index (χ1v) is 13.1. The van der Waals surface area contributed by atoms with Gasteiger partial charge in [0.2, 0.25) is 0 Å². The van der Waals surface area contributed by atoms with Crippen molar-refractivity contribution in [3.8, 4) is 0 Å². The second-order valence-corrected chi connectivity index (χ2v) is 10.8. The second-order valence-electron chi connectivity index (χ2n) is 10.8. The van der Waals surface area contributed by atoms with Gasteiger partial charge in [-0.1, -0.05) is 46.5 Å². The van der Waals surface area contributed by atoms with E-state index in [1.807, 2.05) is 0 Å². The van der Waals surface area contributed by atoms with Crippen LogP contribution in [0.3, 0.4) is 0 Å². The first kappa shape index (κ1) is 22.6. The topological polar surface area (TPSA) is 29.3 Å². The van der Waals surface area contributed by atoms with Crippen molar-refractivity contribution in [2.24, 2.45) is 23.5 Å². The van der Waals surface area contributed by atoms with Crippen molar-refractivity contribution < 1.29 is 0 Å². The fourth-order valence-electron chi connectivity index (χ4n) is 7.06. The zero-order valence-corrected chi connectivity index (χ0v) is 19.4. The third-order valence-corrected chi connectivity index (χ3v) is 8.76. The molecule has 3 fully saturated rings. The predicted molar refractivity (Wildman–Crippen MR) is 123 cm³/mol. The summed E-state index contributed by atoms with van der Waals surface area (Å²) >= 11 is 0. The average molecular weight is 391 g/mol. The second kappa shape index (κ2) is 11.3. The molecule has 3 rings (SSSR count). The Kier molecular flexibility index (Phi) is 9.16. The molecule has 28 heavy (non-hydrogen) atoms. The molecule has 3 aliphatic carbocycles. The lowest BCUT2D eigenvalue weighted by Gasteiger charge is -2.49. The van der Waals surface area contributed by atoms with Gasteiger partial charge in [-0.25, -0.2) is 0 Å². The first-order valence-electron chi connectivity index (χ1n) is 13.1. The number of hydrogen-bond donors (Lipinski definition) is 1. The summed E-state index contributed by atoms with van der Waals surface area (Å²) in [6, 6.07) is 3.09. The molecule has 0 radical (unpaired) electrons. The van der Waals surface area contributed by atoms with E-state index in [4.69, 9.17) is 5.73 Å². The molecule has 3 aliphatic rings. The minimum Gasteiger partial charge on any atom is -0.328 e. The molecule has 3 atom stereocenters. The lowest BCUT2D eigenvalue weighted by atomic mass is 9.71. The Bertz CT molecular complexity index is 420. The van der Waals surface area contributed by atoms with Crippen molar-refractivity contribution in [3.63, 3.8) is 0 Å². The van der Waals surface area contributed by atoms with E-state index < -0.39 is 0 Å². The minimum atomic E-state index is 0.500. The molecule has 0 aliphatic heterocycles. The van der Waals surface area contributed by atoms with Gasteiger partial charge in [0, 0.05) is 24.2 Å². The molecule has 0 amide bonds. The SMILES string of the molecule is CCCCC(CC)N(C1CCC(C2CCC(N)CC2)CC1)C1CCCC(C)C1. The van der Waals surface area contributed by atoms with Crippen LogP contribution in [0.1, 0.15) is 124 Å². The Hall–Kier alpha value is -0.0800. The average Bonchev–Trinajstić information content (AvgIpc) is 2.72. The van der Waals surface area contributed by atoms with E-state index in [-0.39, 0.29) is 0 Å². The standard InChI is InChI=1S/C26H50N2/c1-4-6-9-24(5-2)28(26-10-7-8-20(3)19-26)25-17-13-22(14-18-25)21-11-15-23(27)16-12-21/h20-26H,4-19,27H2,1-3H3. The van der Waals surface area contributed by atoms with Crippen LogP contribution in [0.2, 0.25) is 0 Å². The van der Waals surface area contributed by atoms with Gasteiger partial charge in [-0.2, -0.15) is 0 Å². The number of nitrogens with two attached hydrogens (primary N) is 1. The smallest absolute Gasteiger partial charge is 0.0104 e. The van der Waals surface area contributed by atoms with Gasteiger partial charge in [0.05, 0.1) is 0 Å². The summed E-state index contributed by atoms with van der Waals surface area (Å²) in [4.78, 5) is 3.11. The summed E-state index contributed by atoms with van der Waals surface area (Å²) in [6.07, 6.45) is 22.7. The van der Waals surface area contributed by atoms with Crippen LogP contribution in [-0.2, 0) is 0 Å². The van der Waals surface area contributed by atoms with Crippen molar-refractivity contribution >= 4 is 0 Å². The van der Waals surface area contributed by atoms with Crippen molar-refractivity contribution in [1.82, 2.24) is 4.90 Å². The third-order valence-electron chi connectivity index (χ3n) is 8.76. The van der Waals surface area contributed by atoms with E-state index in [0.717, 1.165) is 35.9 Å². The van der Waals surface area contributed by atoms with Gasteiger partial charge in [0.1, 0.15) is 0 Å². The summed E-state index contributed by atoms with van der Waals surface area (Å²) in [5.41, 5.74) is 6.16. The highest BCUT2D eigenvalue weighted by Gasteiger charge is 2.37. The Morgan fingerprint density at radius 3 is 2.04 bits per heavy atom. The highest BCUT2D eigenvalue weighted by atomic mass is 15.2. The number of unbranched alkanes of at least 4 members (excludes halogenated alkanes) is 1. The quantitative estimate of drug-likeness (QED) is 0.488. The highest BCUT2D eigenvalue weighted by Crippen LogP contribution is 2.41. The van der Waals surface area contributed by atoms with Gasteiger partial charge in [0.25, 0.3) is 0 Å². The van der Waals surface area contributed by atoms with Crippen LogP contribution in [0.25, 0.3) is 0 Å². The summed E-state index contributed by atoms with van der Waals surface area (Å²) in [5, 5.41) is 0. The largest absolute Gasteiger partial charge is 0.328 e. The zero-order chi connectivity index (χ0) is 19.9. The predicted octanol–water partition coefficient (Wildman–Crippen LogP) is 6.91. The summed E-state index contributed by atoms with van der Waals surface area (Å²) in [6.45, 7) is 7.32. The van der Waals surface area contributed by atoms with E-state index in [2.05, 4.69) is 25.7 Å². The molecular formula is C26H50N2. The van der Waals surface area contributed by atoms with E-state index >= 15 is 0 Å². The van der Waals surface area contributed by atoms with Gasteiger partial charge in [-0.05, 0) is 94.8 Å². The fourth-order valence-corrected chi connectivity index (χ4v) is 7.06. The molecule has 0 spiro atoms. The van der Waals surface area contributed by atoms with Gasteiger partial charge < -0.3 is 5.73 Å². The van der Waals surface area contributed by atoms with Crippen LogP contribution >= 0.6 is 0 Å². The molecule has 3 unspecified atom stereocenters. The van der Waals surface area contributed by atoms with Crippen molar-refractivity contribution in [1.29, 1.82) is 0 Å². The minimum absolute atomic E-state index is 0.500. The molecule has 3 saturated carbocycles. The van der Waals surface area contributed by atoms with Crippen LogP contribution in [0.5, 0.6) is 0 Å². The molecule has 0 bridgehead atoms. The fraction of sp³-hybridized carbons (Fsp3) is 1.00. The number of nitrogens with zero attached hydrogens (tertiary/aromatic N) is 1. The third kappa shape index (κ3) is 5.97. The first-order chi connectivity index (χ1) is 13.6. The van der Waals surface area contributed by atoms with Crippen LogP contribution in [0.4, 0.5) is 0 Å².